The molecule has 0 fully saturated rings. The summed E-state index contributed by atoms with van der Waals surface area (Å²) in [6.07, 6.45) is 1.18. The minimum absolute atomic E-state index is 0.0605. The van der Waals surface area contributed by atoms with Gasteiger partial charge in [0.2, 0.25) is 5.12 Å². The highest BCUT2D eigenvalue weighted by Gasteiger charge is 1.96. The van der Waals surface area contributed by atoms with Gasteiger partial charge in [-0.25, -0.2) is 0 Å². The molecule has 0 saturated carbocycles. The number of carbonyl (C=O) groups excluding carboxylic acids is 1. The van der Waals surface area contributed by atoms with Crippen molar-refractivity contribution in [3.05, 3.63) is 0 Å². The Balaban J connectivity index is 3.00. The van der Waals surface area contributed by atoms with Crippen LogP contribution in [-0.4, -0.2) is 5.12 Å². The Morgan fingerprint density at radius 1 is 1.71 bits per heavy atom. The highest BCUT2D eigenvalue weighted by Crippen LogP contribution is 2.00. The Morgan fingerprint density at radius 3 is 2.43 bits per heavy atom. The summed E-state index contributed by atoms with van der Waals surface area (Å²) in [6, 6.07) is 0. The molecule has 0 amide bonds. The van der Waals surface area contributed by atoms with E-state index in [-0.39, 0.29) is 17.2 Å². The van der Waals surface area contributed by atoms with Gasteiger partial charge in [-0.3, -0.25) is 4.79 Å². The number of hydrogen-bond donors (Lipinski definition) is 0. The van der Waals surface area contributed by atoms with Crippen LogP contribution in [0.5, 0.6) is 0 Å². The molecule has 0 spiro atoms. The Labute approximate surface area is 47.1 Å². The summed E-state index contributed by atoms with van der Waals surface area (Å²) in [6.45, 7) is 1.87. The second kappa shape index (κ2) is 4.15. The second-order valence-electron chi connectivity index (χ2n) is 1.21. The van der Waals surface area contributed by atoms with Gasteiger partial charge in [0.05, 0.1) is 0 Å². The molecule has 1 radical (unpaired) electrons. The van der Waals surface area contributed by atoms with E-state index in [9.17, 15) is 9.35 Å². The zero-order valence-corrected chi connectivity index (χ0v) is 4.96. The third kappa shape index (κ3) is 3.82. The van der Waals surface area contributed by atoms with E-state index in [2.05, 4.69) is 0 Å². The van der Waals surface area contributed by atoms with Gasteiger partial charge in [-0.2, -0.15) is 0 Å². The van der Waals surface area contributed by atoms with E-state index < -0.39 is 0 Å². The lowest BCUT2D eigenvalue weighted by Crippen LogP contribution is -1.85. The van der Waals surface area contributed by atoms with Gasteiger partial charge in [0, 0.05) is 6.42 Å². The predicted molar refractivity (Wildman–Crippen MR) is 28.2 cm³/mol. The molecule has 0 aliphatic heterocycles. The van der Waals surface area contributed by atoms with Crippen molar-refractivity contribution in [2.45, 2.75) is 19.8 Å². The molecule has 0 aromatic carbocycles. The summed E-state index contributed by atoms with van der Waals surface area (Å²) in [5.41, 5.74) is 0. The molecule has 0 unspecified atom stereocenters. The van der Waals surface area contributed by atoms with E-state index in [1.165, 1.54) is 0 Å². The van der Waals surface area contributed by atoms with Crippen molar-refractivity contribution in [2.24, 2.45) is 0 Å². The molecular formula is C4H7O2S. The first kappa shape index (κ1) is 6.98. The van der Waals surface area contributed by atoms with Crippen molar-refractivity contribution in [2.75, 3.05) is 0 Å². The zero-order valence-electron chi connectivity index (χ0n) is 4.14. The van der Waals surface area contributed by atoms with E-state index in [0.29, 0.717) is 6.42 Å². The highest BCUT2D eigenvalue weighted by atomic mass is 32.2. The fourth-order valence-electron chi connectivity index (χ4n) is 0.246. The monoisotopic (exact) mass is 119 g/mol. The average molecular weight is 119 g/mol. The van der Waals surface area contributed by atoms with Crippen LogP contribution in [-0.2, 0) is 9.35 Å². The van der Waals surface area contributed by atoms with E-state index in [1.54, 1.807) is 0 Å². The van der Waals surface area contributed by atoms with Gasteiger partial charge in [0.1, 0.15) is 12.0 Å². The SMILES string of the molecule is CCCC(=O)S[O]. The molecular weight excluding hydrogens is 112 g/mol. The van der Waals surface area contributed by atoms with Gasteiger partial charge < -0.3 is 0 Å². The van der Waals surface area contributed by atoms with Crippen molar-refractivity contribution < 1.29 is 9.35 Å². The quantitative estimate of drug-likeness (QED) is 0.515. The average Bonchev–Trinajstić information content (AvgIpc) is 1.68. The summed E-state index contributed by atoms with van der Waals surface area (Å²) in [7, 11) is 0. The van der Waals surface area contributed by atoms with E-state index >= 15 is 0 Å². The van der Waals surface area contributed by atoms with Crippen LogP contribution in [0.4, 0.5) is 0 Å². The van der Waals surface area contributed by atoms with Crippen molar-refractivity contribution in [1.82, 2.24) is 0 Å². The highest BCUT2D eigenvalue weighted by molar-refractivity contribution is 8.08. The lowest BCUT2D eigenvalue weighted by molar-refractivity contribution is -0.111. The molecule has 0 aromatic rings. The molecule has 0 heterocycles. The molecule has 2 nitrogen and oxygen atoms in total. The van der Waals surface area contributed by atoms with Gasteiger partial charge in [0.15, 0.2) is 0 Å². The van der Waals surface area contributed by atoms with Crippen molar-refractivity contribution >= 4 is 17.2 Å². The van der Waals surface area contributed by atoms with Crippen LogP contribution >= 0.6 is 12.0 Å². The van der Waals surface area contributed by atoms with E-state index in [4.69, 9.17) is 0 Å². The number of rotatable bonds is 2. The van der Waals surface area contributed by atoms with Gasteiger partial charge in [-0.15, -0.1) is 4.55 Å². The third-order valence-electron chi connectivity index (χ3n) is 0.547. The molecule has 3 heteroatoms. The zero-order chi connectivity index (χ0) is 5.70. The number of carbonyl (C=O) groups is 1. The first-order valence-corrected chi connectivity index (χ1v) is 2.88. The van der Waals surface area contributed by atoms with Crippen LogP contribution in [0.2, 0.25) is 0 Å². The summed E-state index contributed by atoms with van der Waals surface area (Å²) < 4.78 is 9.59. The second-order valence-corrected chi connectivity index (χ2v) is 1.83. The summed E-state index contributed by atoms with van der Waals surface area (Å²) in [5.74, 6) is 0. The Morgan fingerprint density at radius 2 is 2.29 bits per heavy atom. The third-order valence-corrected chi connectivity index (χ3v) is 0.937. The smallest absolute Gasteiger partial charge is 0.218 e. The largest absolute Gasteiger partial charge is 0.285 e. The molecule has 0 rings (SSSR count). The molecule has 0 aliphatic carbocycles. The van der Waals surface area contributed by atoms with E-state index in [1.807, 2.05) is 6.92 Å². The molecule has 0 bridgehead atoms. The Bertz CT molecular complexity index is 62.7. The first-order valence-electron chi connectivity index (χ1n) is 2.14. The van der Waals surface area contributed by atoms with Crippen molar-refractivity contribution in [1.29, 1.82) is 0 Å². The van der Waals surface area contributed by atoms with E-state index in [0.717, 1.165) is 6.42 Å². The lowest BCUT2D eigenvalue weighted by atomic mass is 10.4. The molecule has 0 atom stereocenters. The Hall–Kier alpha value is -0.0200. The molecule has 0 N–H and O–H groups in total. The van der Waals surface area contributed by atoms with Crippen molar-refractivity contribution in [3.8, 4) is 0 Å². The molecule has 41 valence electrons. The summed E-state index contributed by atoms with van der Waals surface area (Å²) in [4.78, 5) is 10.1. The molecule has 7 heavy (non-hydrogen) atoms. The van der Waals surface area contributed by atoms with Gasteiger partial charge in [-0.05, 0) is 6.42 Å². The van der Waals surface area contributed by atoms with Crippen LogP contribution in [0, 0.1) is 0 Å². The van der Waals surface area contributed by atoms with Crippen LogP contribution in [0.15, 0.2) is 0 Å². The first-order chi connectivity index (χ1) is 3.31. The van der Waals surface area contributed by atoms with Crippen LogP contribution in [0.3, 0.4) is 0 Å². The molecule has 0 saturated heterocycles. The fourth-order valence-corrected chi connectivity index (χ4v) is 0.533. The normalized spacial score (nSPS) is 8.86. The lowest BCUT2D eigenvalue weighted by Gasteiger charge is -1.83. The Kier molecular flexibility index (Phi) is 4.14. The van der Waals surface area contributed by atoms with Gasteiger partial charge in [-0.1, -0.05) is 6.92 Å². The predicted octanol–water partition coefficient (Wildman–Crippen LogP) is 1.39. The van der Waals surface area contributed by atoms with Gasteiger partial charge >= 0.3 is 0 Å². The summed E-state index contributed by atoms with van der Waals surface area (Å²) in [5, 5.41) is -0.262. The maximum atomic E-state index is 10.1. The van der Waals surface area contributed by atoms with Crippen LogP contribution in [0.25, 0.3) is 0 Å². The topological polar surface area (TPSA) is 37.0 Å². The number of hydrogen-bond acceptors (Lipinski definition) is 2. The molecule has 0 aromatic heterocycles. The van der Waals surface area contributed by atoms with Gasteiger partial charge in [0.25, 0.3) is 0 Å². The van der Waals surface area contributed by atoms with Crippen LogP contribution in [0.1, 0.15) is 19.8 Å². The van der Waals surface area contributed by atoms with Crippen LogP contribution < -0.4 is 0 Å². The summed E-state index contributed by atoms with van der Waals surface area (Å²) >= 11 is 0.0605. The maximum Gasteiger partial charge on any atom is 0.218 e. The minimum atomic E-state index is -0.262. The standard InChI is InChI=1S/C4H7O2S/c1-2-3-4(5)7-6/h2-3H2,1H3. The van der Waals surface area contributed by atoms with Crippen molar-refractivity contribution in [3.63, 3.8) is 0 Å². The fraction of sp³-hybridized carbons (Fsp3) is 0.750. The molecule has 0 aliphatic rings. The maximum absolute atomic E-state index is 10.1. The minimum Gasteiger partial charge on any atom is -0.285 e.